The van der Waals surface area contributed by atoms with Gasteiger partial charge in [0.2, 0.25) is 10.0 Å². The van der Waals surface area contributed by atoms with Gasteiger partial charge < -0.3 is 14.6 Å². The van der Waals surface area contributed by atoms with Gasteiger partial charge in [-0.15, -0.1) is 0 Å². The highest BCUT2D eigenvalue weighted by atomic mass is 32.2. The van der Waals surface area contributed by atoms with Crippen LogP contribution in [0.25, 0.3) is 10.9 Å². The summed E-state index contributed by atoms with van der Waals surface area (Å²) in [4.78, 5) is 29.7. The summed E-state index contributed by atoms with van der Waals surface area (Å²) in [7, 11) is -3.97. The molecular formula is C14H15F3N4O5S. The second kappa shape index (κ2) is 6.56. The normalized spacial score (nSPS) is 15.9. The van der Waals surface area contributed by atoms with E-state index < -0.39 is 33.0 Å². The highest BCUT2D eigenvalue weighted by Crippen LogP contribution is 2.38. The number of morpholine rings is 1. The van der Waals surface area contributed by atoms with E-state index in [1.165, 1.54) is 4.90 Å². The summed E-state index contributed by atoms with van der Waals surface area (Å²) >= 11 is 0. The lowest BCUT2D eigenvalue weighted by Gasteiger charge is -2.31. The number of halogens is 3. The number of aromatic nitrogens is 2. The number of nitrogens with one attached hydrogen (secondary N) is 2. The maximum absolute atomic E-state index is 13.5. The van der Waals surface area contributed by atoms with Crippen LogP contribution in [-0.4, -0.2) is 50.6 Å². The average Bonchev–Trinajstić information content (AvgIpc) is 2.57. The number of aromatic amines is 1. The van der Waals surface area contributed by atoms with Crippen molar-refractivity contribution >= 4 is 26.6 Å². The zero-order valence-corrected chi connectivity index (χ0v) is 14.8. The third-order valence-corrected chi connectivity index (χ3v) is 4.44. The van der Waals surface area contributed by atoms with Crippen LogP contribution in [0.1, 0.15) is 5.56 Å². The smallest absolute Gasteiger partial charge is 0.378 e. The molecule has 0 unspecified atom stereocenters. The third-order valence-electron chi connectivity index (χ3n) is 3.93. The summed E-state index contributed by atoms with van der Waals surface area (Å²) < 4.78 is 68.6. The van der Waals surface area contributed by atoms with Gasteiger partial charge in [0.15, 0.2) is 0 Å². The Morgan fingerprint density at radius 2 is 1.81 bits per heavy atom. The molecule has 9 nitrogen and oxygen atoms in total. The minimum atomic E-state index is -4.72. The van der Waals surface area contributed by atoms with E-state index >= 15 is 0 Å². The van der Waals surface area contributed by atoms with Crippen LogP contribution < -0.4 is 21.0 Å². The minimum absolute atomic E-state index is 0.188. The highest BCUT2D eigenvalue weighted by molar-refractivity contribution is 7.91. The van der Waals surface area contributed by atoms with Crippen molar-refractivity contribution in [2.75, 3.05) is 42.3 Å². The molecule has 1 aliphatic rings. The Kier molecular flexibility index (Phi) is 4.67. The van der Waals surface area contributed by atoms with Crippen LogP contribution in [0.2, 0.25) is 0 Å². The zero-order chi connectivity index (χ0) is 20.0. The Balaban J connectivity index is 2.29. The number of hydrogen-bond donors (Lipinski definition) is 2. The average molecular weight is 408 g/mol. The lowest BCUT2D eigenvalue weighted by Crippen LogP contribution is -2.43. The van der Waals surface area contributed by atoms with Gasteiger partial charge in [-0.05, 0) is 12.1 Å². The van der Waals surface area contributed by atoms with Crippen LogP contribution >= 0.6 is 0 Å². The van der Waals surface area contributed by atoms with Crippen LogP contribution in [0.3, 0.4) is 0 Å². The number of ether oxygens (including phenoxy) is 1. The first-order valence-electron chi connectivity index (χ1n) is 7.68. The van der Waals surface area contributed by atoms with Gasteiger partial charge >= 0.3 is 11.9 Å². The molecule has 3 rings (SSSR count). The molecule has 0 spiro atoms. The summed E-state index contributed by atoms with van der Waals surface area (Å²) in [5.74, 6) is 0. The van der Waals surface area contributed by atoms with Crippen LogP contribution in [0.4, 0.5) is 18.9 Å². The van der Waals surface area contributed by atoms with Gasteiger partial charge in [-0.25, -0.2) is 18.0 Å². The lowest BCUT2D eigenvalue weighted by atomic mass is 10.1. The molecule has 0 saturated carbocycles. The number of hydrogen-bond acceptors (Lipinski definition) is 6. The second-order valence-corrected chi connectivity index (χ2v) is 7.67. The number of nitrogens with zero attached hydrogens (tertiary/aromatic N) is 2. The Morgan fingerprint density at radius 3 is 2.37 bits per heavy atom. The number of anilines is 1. The van der Waals surface area contributed by atoms with E-state index in [0.29, 0.717) is 6.07 Å². The van der Waals surface area contributed by atoms with Gasteiger partial charge in [0.25, 0.3) is 5.56 Å². The molecule has 1 aromatic heterocycles. The van der Waals surface area contributed by atoms with Crippen molar-refractivity contribution in [2.24, 2.45) is 0 Å². The second-order valence-electron chi connectivity index (χ2n) is 5.95. The van der Waals surface area contributed by atoms with Crippen molar-refractivity contribution in [3.05, 3.63) is 38.5 Å². The number of benzene rings is 1. The van der Waals surface area contributed by atoms with Gasteiger partial charge in [-0.2, -0.15) is 17.8 Å². The molecule has 0 aliphatic carbocycles. The number of fused-ring (bicyclic) bond motifs is 1. The first-order valence-corrected chi connectivity index (χ1v) is 9.57. The van der Waals surface area contributed by atoms with E-state index in [0.717, 1.165) is 12.3 Å². The lowest BCUT2D eigenvalue weighted by molar-refractivity contribution is -0.137. The van der Waals surface area contributed by atoms with Crippen LogP contribution in [-0.2, 0) is 20.9 Å². The standard InChI is InChI=1S/C14H15F3N4O5S/c1-27(24,25)19-21-12(22)8-6-11(20-2-4-26-5-3-20)9(14(15,16)17)7-10(8)18-13(21)23/h6-7,19H,2-5H2,1H3,(H,18,23). The summed E-state index contributed by atoms with van der Waals surface area (Å²) in [6.45, 7) is 0.823. The Bertz CT molecular complexity index is 1100. The summed E-state index contributed by atoms with van der Waals surface area (Å²) in [6, 6.07) is 1.68. The monoisotopic (exact) mass is 408 g/mol. The quantitative estimate of drug-likeness (QED) is 0.742. The molecule has 1 aliphatic heterocycles. The number of H-pyrrole nitrogens is 1. The van der Waals surface area contributed by atoms with E-state index in [-0.39, 0.29) is 47.6 Å². The fraction of sp³-hybridized carbons (Fsp3) is 0.429. The Labute approximate surface area is 150 Å². The van der Waals surface area contributed by atoms with E-state index in [4.69, 9.17) is 4.74 Å². The maximum atomic E-state index is 13.5. The molecule has 2 N–H and O–H groups in total. The summed E-state index contributed by atoms with van der Waals surface area (Å²) in [5, 5.41) is -0.264. The fourth-order valence-corrected chi connectivity index (χ4v) is 3.29. The SMILES string of the molecule is CS(=O)(=O)Nn1c(=O)[nH]c2cc(C(F)(F)F)c(N3CCOCC3)cc2c1=O. The number of rotatable bonds is 3. The van der Waals surface area contributed by atoms with Gasteiger partial charge in [0, 0.05) is 13.1 Å². The van der Waals surface area contributed by atoms with Gasteiger partial charge in [-0.3, -0.25) is 4.79 Å². The molecule has 1 fully saturated rings. The fourth-order valence-electron chi connectivity index (χ4n) is 2.79. The van der Waals surface area contributed by atoms with Crippen molar-refractivity contribution in [1.29, 1.82) is 0 Å². The number of alkyl halides is 3. The van der Waals surface area contributed by atoms with Gasteiger partial charge in [-0.1, -0.05) is 0 Å². The van der Waals surface area contributed by atoms with Crippen LogP contribution in [0, 0.1) is 0 Å². The predicted octanol–water partition coefficient (Wildman–Crippen LogP) is 0.0483. The minimum Gasteiger partial charge on any atom is -0.378 e. The molecule has 1 saturated heterocycles. The van der Waals surface area contributed by atoms with Crippen molar-refractivity contribution in [3.8, 4) is 0 Å². The van der Waals surface area contributed by atoms with Gasteiger partial charge in [0.05, 0.1) is 41.6 Å². The number of sulfonamides is 1. The van der Waals surface area contributed by atoms with Crippen molar-refractivity contribution in [1.82, 2.24) is 9.66 Å². The summed E-state index contributed by atoms with van der Waals surface area (Å²) in [5.41, 5.74) is -3.89. The molecule has 0 amide bonds. The van der Waals surface area contributed by atoms with Crippen LogP contribution in [0.5, 0.6) is 0 Å². The van der Waals surface area contributed by atoms with Crippen LogP contribution in [0.15, 0.2) is 21.7 Å². The van der Waals surface area contributed by atoms with E-state index in [1.807, 2.05) is 0 Å². The zero-order valence-electron chi connectivity index (χ0n) is 14.0. The molecule has 2 heterocycles. The highest BCUT2D eigenvalue weighted by Gasteiger charge is 2.36. The molecule has 0 bridgehead atoms. The topological polar surface area (TPSA) is 114 Å². The molecule has 0 radical (unpaired) electrons. The molecule has 2 aromatic rings. The van der Waals surface area contributed by atoms with Gasteiger partial charge in [0.1, 0.15) is 0 Å². The molecule has 13 heteroatoms. The predicted molar refractivity (Wildman–Crippen MR) is 91.1 cm³/mol. The van der Waals surface area contributed by atoms with Crippen molar-refractivity contribution < 1.29 is 26.3 Å². The molecule has 1 aromatic carbocycles. The van der Waals surface area contributed by atoms with E-state index in [2.05, 4.69) is 4.98 Å². The Morgan fingerprint density at radius 1 is 1.19 bits per heavy atom. The largest absolute Gasteiger partial charge is 0.418 e. The first-order chi connectivity index (χ1) is 12.5. The van der Waals surface area contributed by atoms with Crippen molar-refractivity contribution in [3.63, 3.8) is 0 Å². The Hall–Kier alpha value is -2.54. The first kappa shape index (κ1) is 19.2. The van der Waals surface area contributed by atoms with E-state index in [1.54, 1.807) is 4.83 Å². The van der Waals surface area contributed by atoms with Crippen molar-refractivity contribution in [2.45, 2.75) is 6.18 Å². The molecular weight excluding hydrogens is 393 g/mol. The summed E-state index contributed by atoms with van der Waals surface area (Å²) in [6.07, 6.45) is -3.99. The third kappa shape index (κ3) is 3.93. The molecule has 148 valence electrons. The van der Waals surface area contributed by atoms with E-state index in [9.17, 15) is 31.2 Å². The maximum Gasteiger partial charge on any atom is 0.418 e. The molecule has 0 atom stereocenters. The molecule has 27 heavy (non-hydrogen) atoms.